The van der Waals surface area contributed by atoms with Gasteiger partial charge in [0.25, 0.3) is 0 Å². The van der Waals surface area contributed by atoms with Crippen LogP contribution in [0.5, 0.6) is 23.0 Å². The predicted octanol–water partition coefficient (Wildman–Crippen LogP) is 1.52. The van der Waals surface area contributed by atoms with Gasteiger partial charge in [0.05, 0.1) is 32.6 Å². The minimum Gasteiger partial charge on any atom is -0.493 e. The van der Waals surface area contributed by atoms with Crippen molar-refractivity contribution in [3.63, 3.8) is 0 Å². The van der Waals surface area contributed by atoms with Gasteiger partial charge in [0.15, 0.2) is 11.5 Å². The van der Waals surface area contributed by atoms with Crippen LogP contribution in [0.25, 0.3) is 0 Å². The van der Waals surface area contributed by atoms with Crippen LogP contribution in [0.4, 0.5) is 0 Å². The van der Waals surface area contributed by atoms with Crippen molar-refractivity contribution in [2.45, 2.75) is 11.3 Å². The second kappa shape index (κ2) is 9.99. The summed E-state index contributed by atoms with van der Waals surface area (Å²) in [4.78, 5) is 12.0. The van der Waals surface area contributed by atoms with Crippen molar-refractivity contribution in [2.75, 3.05) is 34.5 Å². The number of carbonyl (C=O) groups excluding carboxylic acids is 1. The molecule has 0 unspecified atom stereocenters. The van der Waals surface area contributed by atoms with Gasteiger partial charge in [0.1, 0.15) is 19.0 Å². The molecule has 0 saturated heterocycles. The summed E-state index contributed by atoms with van der Waals surface area (Å²) in [5, 5.41) is 5.03. The molecule has 2 N–H and O–H groups in total. The van der Waals surface area contributed by atoms with Crippen molar-refractivity contribution in [1.82, 2.24) is 0 Å². The molecule has 0 atom stereocenters. The van der Waals surface area contributed by atoms with Crippen molar-refractivity contribution in [1.29, 1.82) is 0 Å². The summed E-state index contributed by atoms with van der Waals surface area (Å²) >= 11 is 0. The molecule has 0 aliphatic rings. The lowest BCUT2D eigenvalue weighted by atomic mass is 10.1. The number of methoxy groups -OCH3 is 3. The van der Waals surface area contributed by atoms with Crippen molar-refractivity contribution in [2.24, 2.45) is 5.14 Å². The van der Waals surface area contributed by atoms with Crippen LogP contribution in [-0.4, -0.2) is 48.9 Å². The maximum absolute atomic E-state index is 12.1. The number of hydrogen-bond acceptors (Lipinski definition) is 8. The fraction of sp³-hybridized carbons (Fsp3) is 0.316. The topological polar surface area (TPSA) is 123 Å². The maximum atomic E-state index is 12.1. The highest BCUT2D eigenvalue weighted by Gasteiger charge is 2.15. The van der Waals surface area contributed by atoms with Gasteiger partial charge in [-0.05, 0) is 42.0 Å². The number of nitrogens with two attached hydrogens (primary N) is 1. The molecule has 0 bridgehead atoms. The number of ether oxygens (including phenoxy) is 5. The van der Waals surface area contributed by atoms with Crippen molar-refractivity contribution in [3.05, 3.63) is 42.0 Å². The first kappa shape index (κ1) is 22.3. The van der Waals surface area contributed by atoms with E-state index in [9.17, 15) is 13.2 Å². The summed E-state index contributed by atoms with van der Waals surface area (Å²) in [5.41, 5.74) is 0.643. The second-order valence-electron chi connectivity index (χ2n) is 5.80. The zero-order valence-electron chi connectivity index (χ0n) is 16.3. The molecule has 0 aromatic heterocycles. The first-order chi connectivity index (χ1) is 13.8. The molecular formula is C19H23NO8S. The van der Waals surface area contributed by atoms with E-state index in [2.05, 4.69) is 0 Å². The van der Waals surface area contributed by atoms with Gasteiger partial charge in [-0.15, -0.1) is 0 Å². The molecular weight excluding hydrogens is 402 g/mol. The smallest absolute Gasteiger partial charge is 0.310 e. The van der Waals surface area contributed by atoms with E-state index in [-0.39, 0.29) is 24.5 Å². The van der Waals surface area contributed by atoms with Crippen LogP contribution in [0.15, 0.2) is 41.3 Å². The van der Waals surface area contributed by atoms with Crippen molar-refractivity contribution < 1.29 is 36.9 Å². The van der Waals surface area contributed by atoms with Crippen LogP contribution in [0.1, 0.15) is 5.56 Å². The van der Waals surface area contributed by atoms with Gasteiger partial charge in [0.2, 0.25) is 15.8 Å². The summed E-state index contributed by atoms with van der Waals surface area (Å²) < 4.78 is 48.7. The minimum absolute atomic E-state index is 0.0124. The van der Waals surface area contributed by atoms with Gasteiger partial charge in [-0.25, -0.2) is 13.6 Å². The molecule has 0 aliphatic heterocycles. The Kier molecular flexibility index (Phi) is 7.68. The minimum atomic E-state index is -3.75. The Hall–Kier alpha value is -2.98. The van der Waals surface area contributed by atoms with E-state index in [4.69, 9.17) is 28.8 Å². The van der Waals surface area contributed by atoms with Crippen LogP contribution in [0.3, 0.4) is 0 Å². The molecule has 10 heteroatoms. The van der Waals surface area contributed by atoms with E-state index in [1.165, 1.54) is 45.6 Å². The molecule has 29 heavy (non-hydrogen) atoms. The summed E-state index contributed by atoms with van der Waals surface area (Å²) in [6, 6.07) is 8.95. The van der Waals surface area contributed by atoms with E-state index in [0.717, 1.165) is 0 Å². The van der Waals surface area contributed by atoms with Gasteiger partial charge < -0.3 is 23.7 Å². The summed E-state index contributed by atoms with van der Waals surface area (Å²) in [6.07, 6.45) is 0.0137. The SMILES string of the molecule is COc1cc(CC(=O)OCCOc2ccc(S(N)(=O)=O)cc2)cc(OC)c1OC. The summed E-state index contributed by atoms with van der Waals surface area (Å²) in [6.45, 7) is 0.135. The van der Waals surface area contributed by atoms with Crippen molar-refractivity contribution in [3.8, 4) is 23.0 Å². The second-order valence-corrected chi connectivity index (χ2v) is 7.36. The number of benzene rings is 2. The van der Waals surface area contributed by atoms with Gasteiger partial charge in [-0.3, -0.25) is 4.79 Å². The molecule has 0 amide bonds. The van der Waals surface area contributed by atoms with E-state index in [1.54, 1.807) is 12.1 Å². The van der Waals surface area contributed by atoms with E-state index >= 15 is 0 Å². The average molecular weight is 425 g/mol. The third kappa shape index (κ3) is 6.26. The van der Waals surface area contributed by atoms with Crippen LogP contribution < -0.4 is 24.1 Å². The Morgan fingerprint density at radius 2 is 1.52 bits per heavy atom. The van der Waals surface area contributed by atoms with E-state index in [1.807, 2.05) is 0 Å². The Morgan fingerprint density at radius 1 is 0.931 bits per heavy atom. The Labute approximate surface area is 169 Å². The average Bonchev–Trinajstić information content (AvgIpc) is 2.70. The molecule has 0 spiro atoms. The third-order valence-electron chi connectivity index (χ3n) is 3.84. The molecule has 0 saturated carbocycles. The van der Waals surface area contributed by atoms with Gasteiger partial charge in [-0.1, -0.05) is 0 Å². The molecule has 2 rings (SSSR count). The fourth-order valence-electron chi connectivity index (χ4n) is 2.50. The van der Waals surface area contributed by atoms with Crippen LogP contribution in [-0.2, 0) is 26.0 Å². The molecule has 9 nitrogen and oxygen atoms in total. The van der Waals surface area contributed by atoms with Gasteiger partial charge in [-0.2, -0.15) is 0 Å². The van der Waals surface area contributed by atoms with E-state index < -0.39 is 16.0 Å². The normalized spacial score (nSPS) is 10.9. The maximum Gasteiger partial charge on any atom is 0.310 e. The largest absolute Gasteiger partial charge is 0.493 e. The van der Waals surface area contributed by atoms with Crippen LogP contribution in [0.2, 0.25) is 0 Å². The molecule has 0 heterocycles. The van der Waals surface area contributed by atoms with Gasteiger partial charge >= 0.3 is 5.97 Å². The molecule has 2 aromatic rings. The first-order valence-electron chi connectivity index (χ1n) is 8.48. The molecule has 0 radical (unpaired) electrons. The number of esters is 1. The fourth-order valence-corrected chi connectivity index (χ4v) is 3.01. The van der Waals surface area contributed by atoms with E-state index in [0.29, 0.717) is 28.6 Å². The molecule has 2 aromatic carbocycles. The van der Waals surface area contributed by atoms with Gasteiger partial charge in [0, 0.05) is 0 Å². The number of hydrogen-bond donors (Lipinski definition) is 1. The lowest BCUT2D eigenvalue weighted by molar-refractivity contribution is -0.143. The Balaban J connectivity index is 1.86. The highest BCUT2D eigenvalue weighted by molar-refractivity contribution is 7.89. The number of carbonyl (C=O) groups is 1. The molecule has 0 fully saturated rings. The Bertz CT molecular complexity index is 916. The Morgan fingerprint density at radius 3 is 2.00 bits per heavy atom. The number of primary sulfonamides is 1. The summed E-state index contributed by atoms with van der Waals surface area (Å²) in [5.74, 6) is 1.31. The zero-order valence-corrected chi connectivity index (χ0v) is 17.2. The lowest BCUT2D eigenvalue weighted by Crippen LogP contribution is -2.14. The highest BCUT2D eigenvalue weighted by Crippen LogP contribution is 2.38. The van der Waals surface area contributed by atoms with Crippen LogP contribution >= 0.6 is 0 Å². The highest BCUT2D eigenvalue weighted by atomic mass is 32.2. The number of sulfonamides is 1. The predicted molar refractivity (Wildman–Crippen MR) is 104 cm³/mol. The lowest BCUT2D eigenvalue weighted by Gasteiger charge is -2.14. The summed E-state index contributed by atoms with van der Waals surface area (Å²) in [7, 11) is 0.730. The standard InChI is InChI=1S/C19H23NO8S/c1-24-16-10-13(11-17(25-2)19(16)26-3)12-18(21)28-9-8-27-14-4-6-15(7-5-14)29(20,22)23/h4-7,10-11H,8-9,12H2,1-3H3,(H2,20,22,23). The van der Waals surface area contributed by atoms with Crippen LogP contribution in [0, 0.1) is 0 Å². The first-order valence-corrected chi connectivity index (χ1v) is 10.0. The zero-order chi connectivity index (χ0) is 21.4. The quantitative estimate of drug-likeness (QED) is 0.449. The van der Waals surface area contributed by atoms with Crippen molar-refractivity contribution >= 4 is 16.0 Å². The number of rotatable bonds is 10. The monoisotopic (exact) mass is 425 g/mol. The third-order valence-corrected chi connectivity index (χ3v) is 4.77. The molecule has 0 aliphatic carbocycles. The molecule has 158 valence electrons.